The predicted octanol–water partition coefficient (Wildman–Crippen LogP) is 3.59. The van der Waals surface area contributed by atoms with Crippen molar-refractivity contribution >= 4 is 30.9 Å². The molecule has 1 heterocycles. The second kappa shape index (κ2) is 7.49. The topological polar surface area (TPSA) is 54.0 Å². The summed E-state index contributed by atoms with van der Waals surface area (Å²) in [6.45, 7) is 19.6. The molecule has 0 N–H and O–H groups in total. The first-order chi connectivity index (χ1) is 10.2. The number of hydrogen-bond acceptors (Lipinski definition) is 5. The van der Waals surface area contributed by atoms with Crippen molar-refractivity contribution in [2.75, 3.05) is 6.61 Å². The normalized spacial score (nSPS) is 24.7. The van der Waals surface area contributed by atoms with Gasteiger partial charge < -0.3 is 18.0 Å². The molecule has 0 aromatic rings. The zero-order valence-corrected chi connectivity index (χ0v) is 19.2. The largest absolute Gasteiger partial charge is 0.458 e. The van der Waals surface area contributed by atoms with Crippen LogP contribution in [0.25, 0.3) is 0 Å². The van der Waals surface area contributed by atoms with Gasteiger partial charge in [-0.05, 0) is 58.9 Å². The number of hydrogen-bond donors (Lipinski definition) is 0. The smallest absolute Gasteiger partial charge is 0.334 e. The first kappa shape index (κ1) is 21.0. The van der Waals surface area contributed by atoms with Gasteiger partial charge in [0.05, 0.1) is 6.61 Å². The zero-order chi connectivity index (χ0) is 18.1. The van der Waals surface area contributed by atoms with E-state index in [0.29, 0.717) is 13.0 Å². The summed E-state index contributed by atoms with van der Waals surface area (Å²) in [5, 5.41) is 0. The third-order valence-electron chi connectivity index (χ3n) is 3.07. The Morgan fingerprint density at radius 2 is 1.57 bits per heavy atom. The van der Waals surface area contributed by atoms with E-state index in [2.05, 4.69) is 58.9 Å². The van der Waals surface area contributed by atoms with Gasteiger partial charge >= 0.3 is 5.97 Å². The Hall–Kier alpha value is 0.000649. The van der Waals surface area contributed by atoms with Gasteiger partial charge in [-0.1, -0.05) is 0 Å². The lowest BCUT2D eigenvalue weighted by Gasteiger charge is -2.31. The van der Waals surface area contributed by atoms with Crippen LogP contribution in [0.15, 0.2) is 0 Å². The zero-order valence-electron chi connectivity index (χ0n) is 16.2. The fraction of sp³-hybridized carbons (Fsp3) is 0.933. The highest BCUT2D eigenvalue weighted by atomic mass is 28.4. The molecule has 0 aromatic carbocycles. The molecule has 1 aliphatic heterocycles. The molecular weight excluding hydrogens is 344 g/mol. The molecule has 3 atom stereocenters. The Balaban J connectivity index is 2.76. The Labute approximate surface area is 144 Å². The average Bonchev–Trinajstić information content (AvgIpc) is 2.61. The molecule has 0 aromatic heterocycles. The van der Waals surface area contributed by atoms with Crippen molar-refractivity contribution in [3.63, 3.8) is 0 Å². The Bertz CT molecular complexity index is 409. The highest BCUT2D eigenvalue weighted by Crippen LogP contribution is 2.27. The van der Waals surface area contributed by atoms with Gasteiger partial charge in [0, 0.05) is 6.42 Å². The van der Waals surface area contributed by atoms with Gasteiger partial charge in [-0.25, -0.2) is 4.79 Å². The highest BCUT2D eigenvalue weighted by molar-refractivity contribution is 6.70. The molecule has 0 bridgehead atoms. The first-order valence-electron chi connectivity index (χ1n) is 8.36. The van der Waals surface area contributed by atoms with E-state index in [0.717, 1.165) is 0 Å². The molecule has 0 radical (unpaired) electrons. The Kier molecular flexibility index (Phi) is 6.85. The van der Waals surface area contributed by atoms with Crippen LogP contribution in [-0.4, -0.2) is 55.8 Å². The molecule has 23 heavy (non-hydrogen) atoms. The van der Waals surface area contributed by atoms with Crippen LogP contribution in [0.2, 0.25) is 58.9 Å². The van der Waals surface area contributed by atoms with Crippen LogP contribution in [0.3, 0.4) is 0 Å². The molecule has 0 aliphatic carbocycles. The van der Waals surface area contributed by atoms with Crippen molar-refractivity contribution in [1.82, 2.24) is 0 Å². The molecular formula is C15H34O5Si3. The number of ether oxygens (including phenoxy) is 1. The van der Waals surface area contributed by atoms with E-state index in [9.17, 15) is 4.79 Å². The van der Waals surface area contributed by atoms with Crippen LogP contribution in [0.1, 0.15) is 6.42 Å². The van der Waals surface area contributed by atoms with Crippen LogP contribution in [0.5, 0.6) is 0 Å². The second-order valence-electron chi connectivity index (χ2n) is 9.12. The van der Waals surface area contributed by atoms with Gasteiger partial charge in [-0.15, -0.1) is 0 Å². The minimum Gasteiger partial charge on any atom is -0.458 e. The predicted molar refractivity (Wildman–Crippen MR) is 100 cm³/mol. The summed E-state index contributed by atoms with van der Waals surface area (Å²) in [7, 11) is -5.19. The minimum absolute atomic E-state index is 0.201. The van der Waals surface area contributed by atoms with Gasteiger partial charge in [0.25, 0.3) is 0 Å². The highest BCUT2D eigenvalue weighted by Gasteiger charge is 2.43. The fourth-order valence-electron chi connectivity index (χ4n) is 2.33. The van der Waals surface area contributed by atoms with Gasteiger partial charge in [0.15, 0.2) is 25.0 Å². The summed E-state index contributed by atoms with van der Waals surface area (Å²) in [5.74, 6) is -0.255. The molecule has 5 nitrogen and oxygen atoms in total. The van der Waals surface area contributed by atoms with Crippen LogP contribution >= 0.6 is 0 Å². The summed E-state index contributed by atoms with van der Waals surface area (Å²) >= 11 is 0. The molecule has 8 heteroatoms. The standard InChI is InChI=1S/C15H34O5Si3/c1-21(2,3)17-11-14(20-23(7,8)9)12-10-13(15(16)18-12)19-22(4,5)6/h12-14H,10-11H2,1-9H3/t12-,13+,14?/m1/s1. The van der Waals surface area contributed by atoms with E-state index in [-0.39, 0.29) is 18.2 Å². The van der Waals surface area contributed by atoms with Crippen LogP contribution in [-0.2, 0) is 22.8 Å². The average molecular weight is 379 g/mol. The maximum atomic E-state index is 12.1. The van der Waals surface area contributed by atoms with Gasteiger partial charge in [-0.2, -0.15) is 0 Å². The molecule has 0 spiro atoms. The molecule has 136 valence electrons. The van der Waals surface area contributed by atoms with Crippen molar-refractivity contribution < 1.29 is 22.8 Å². The summed E-state index contributed by atoms with van der Waals surface area (Å²) in [4.78, 5) is 12.1. The molecule has 0 amide bonds. The van der Waals surface area contributed by atoms with Crippen molar-refractivity contribution in [3.05, 3.63) is 0 Å². The van der Waals surface area contributed by atoms with Crippen molar-refractivity contribution in [3.8, 4) is 0 Å². The number of carbonyl (C=O) groups excluding carboxylic acids is 1. The maximum Gasteiger partial charge on any atom is 0.334 e. The molecule has 1 fully saturated rings. The van der Waals surface area contributed by atoms with E-state index >= 15 is 0 Å². The number of rotatable bonds is 8. The quantitative estimate of drug-likeness (QED) is 0.477. The lowest BCUT2D eigenvalue weighted by molar-refractivity contribution is -0.150. The van der Waals surface area contributed by atoms with E-state index < -0.39 is 31.1 Å². The van der Waals surface area contributed by atoms with Gasteiger partial charge in [0.2, 0.25) is 0 Å². The second-order valence-corrected chi connectivity index (χ2v) is 22.6. The maximum absolute atomic E-state index is 12.1. The summed E-state index contributed by atoms with van der Waals surface area (Å²) in [5.41, 5.74) is 0. The minimum atomic E-state index is -1.78. The number of cyclic esters (lactones) is 1. The molecule has 1 aliphatic rings. The summed E-state index contributed by atoms with van der Waals surface area (Å²) < 4.78 is 23.8. The molecule has 1 unspecified atom stereocenters. The van der Waals surface area contributed by atoms with E-state index in [1.54, 1.807) is 0 Å². The molecule has 0 saturated carbocycles. The third-order valence-corrected chi connectivity index (χ3v) is 6.11. The van der Waals surface area contributed by atoms with Crippen molar-refractivity contribution in [1.29, 1.82) is 0 Å². The summed E-state index contributed by atoms with van der Waals surface area (Å²) in [6.07, 6.45) is -0.362. The van der Waals surface area contributed by atoms with E-state index in [1.807, 2.05) is 0 Å². The Morgan fingerprint density at radius 1 is 1.00 bits per heavy atom. The lowest BCUT2D eigenvalue weighted by Crippen LogP contribution is -2.44. The van der Waals surface area contributed by atoms with Crippen LogP contribution in [0.4, 0.5) is 0 Å². The first-order valence-corrected chi connectivity index (χ1v) is 18.6. The lowest BCUT2D eigenvalue weighted by atomic mass is 10.1. The third kappa shape index (κ3) is 8.59. The van der Waals surface area contributed by atoms with Crippen LogP contribution in [0, 0.1) is 0 Å². The van der Waals surface area contributed by atoms with E-state index in [4.69, 9.17) is 18.0 Å². The van der Waals surface area contributed by atoms with Crippen molar-refractivity contribution in [2.24, 2.45) is 0 Å². The molecule has 1 saturated heterocycles. The monoisotopic (exact) mass is 378 g/mol. The van der Waals surface area contributed by atoms with Crippen LogP contribution < -0.4 is 0 Å². The van der Waals surface area contributed by atoms with Gasteiger partial charge in [0.1, 0.15) is 18.3 Å². The van der Waals surface area contributed by atoms with E-state index in [1.165, 1.54) is 0 Å². The Morgan fingerprint density at radius 3 is 2.00 bits per heavy atom. The number of esters is 1. The van der Waals surface area contributed by atoms with Gasteiger partial charge in [-0.3, -0.25) is 0 Å². The SMILES string of the molecule is C[Si](C)(C)OCC(O[Si](C)(C)C)[C@H]1C[C@H](O[Si](C)(C)C)C(=O)O1. The number of carbonyl (C=O) groups is 1. The van der Waals surface area contributed by atoms with Crippen molar-refractivity contribution in [2.45, 2.75) is 83.7 Å². The molecule has 1 rings (SSSR count). The summed E-state index contributed by atoms with van der Waals surface area (Å²) in [6, 6.07) is 0. The fourth-order valence-corrected chi connectivity index (χ4v) is 5.17.